The minimum Gasteiger partial charge on any atom is -0.345 e. The average Bonchev–Trinajstić information content (AvgIpc) is 3.38. The van der Waals surface area contributed by atoms with E-state index in [-0.39, 0.29) is 35.7 Å². The maximum Gasteiger partial charge on any atom is 0.222 e. The molecular weight excluding hydrogens is 460 g/mol. The largest absolute Gasteiger partial charge is 0.345 e. The number of carbonyl (C=O) groups excluding carboxylic acids is 1. The van der Waals surface area contributed by atoms with E-state index in [1.165, 1.54) is 19.2 Å². The van der Waals surface area contributed by atoms with Crippen LogP contribution in [0.4, 0.5) is 17.6 Å². The van der Waals surface area contributed by atoms with Crippen molar-refractivity contribution in [3.05, 3.63) is 47.7 Å². The van der Waals surface area contributed by atoms with Crippen LogP contribution < -0.4 is 0 Å². The Kier molecular flexibility index (Phi) is 6.27. The summed E-state index contributed by atoms with van der Waals surface area (Å²) in [6.07, 6.45) is 7.03. The first-order chi connectivity index (χ1) is 16.7. The molecule has 5 nitrogen and oxygen atoms in total. The van der Waals surface area contributed by atoms with Gasteiger partial charge in [-0.1, -0.05) is 12.8 Å². The first-order valence-electron chi connectivity index (χ1n) is 12.1. The molecule has 3 atom stereocenters. The van der Waals surface area contributed by atoms with Crippen molar-refractivity contribution >= 4 is 16.9 Å². The second-order valence-corrected chi connectivity index (χ2v) is 10.3. The highest BCUT2D eigenvalue weighted by atomic mass is 19.1. The first-order valence-corrected chi connectivity index (χ1v) is 12.1. The molecule has 0 aromatic carbocycles. The highest BCUT2D eigenvalue weighted by Gasteiger charge is 2.37. The van der Waals surface area contributed by atoms with Gasteiger partial charge < -0.3 is 9.88 Å². The Morgan fingerprint density at radius 1 is 1.20 bits per heavy atom. The van der Waals surface area contributed by atoms with E-state index in [1.54, 1.807) is 4.90 Å². The van der Waals surface area contributed by atoms with Crippen molar-refractivity contribution in [2.45, 2.75) is 57.5 Å². The molecule has 186 valence electrons. The van der Waals surface area contributed by atoms with Gasteiger partial charge in [0.05, 0.1) is 18.4 Å². The number of H-pyrrole nitrogens is 1. The molecule has 0 bridgehead atoms. The number of hydrogen-bond donors (Lipinski definition) is 1. The van der Waals surface area contributed by atoms with Gasteiger partial charge in [-0.3, -0.25) is 4.79 Å². The van der Waals surface area contributed by atoms with Crippen LogP contribution in [0, 0.1) is 29.3 Å². The lowest BCUT2D eigenvalue weighted by Gasteiger charge is -2.30. The Labute approximate surface area is 200 Å². The fourth-order valence-corrected chi connectivity index (χ4v) is 5.57. The number of nitrogens with zero attached hydrogens (tertiary/aromatic N) is 3. The summed E-state index contributed by atoms with van der Waals surface area (Å²) in [5.74, 6) is -1.87. The van der Waals surface area contributed by atoms with Crippen molar-refractivity contribution in [1.29, 1.82) is 0 Å². The van der Waals surface area contributed by atoms with Crippen LogP contribution in [0.2, 0.25) is 0 Å². The number of alkyl halides is 1. The number of fused-ring (bicyclic) bond motifs is 1. The quantitative estimate of drug-likeness (QED) is 0.466. The van der Waals surface area contributed by atoms with E-state index >= 15 is 0 Å². The van der Waals surface area contributed by atoms with E-state index in [2.05, 4.69) is 15.0 Å². The number of nitrogens with one attached hydrogen (secondary N) is 1. The molecule has 1 saturated heterocycles. The van der Waals surface area contributed by atoms with Gasteiger partial charge in [-0.15, -0.1) is 0 Å². The van der Waals surface area contributed by atoms with Gasteiger partial charge >= 0.3 is 0 Å². The summed E-state index contributed by atoms with van der Waals surface area (Å²) in [4.78, 5) is 25.4. The molecule has 2 fully saturated rings. The van der Waals surface area contributed by atoms with E-state index in [9.17, 15) is 22.4 Å². The van der Waals surface area contributed by atoms with Gasteiger partial charge in [0.2, 0.25) is 5.91 Å². The summed E-state index contributed by atoms with van der Waals surface area (Å²) >= 11 is 0. The van der Waals surface area contributed by atoms with Gasteiger partial charge in [0, 0.05) is 42.6 Å². The molecule has 35 heavy (non-hydrogen) atoms. The molecule has 3 aromatic rings. The van der Waals surface area contributed by atoms with Gasteiger partial charge in [-0.05, 0) is 44.1 Å². The van der Waals surface area contributed by atoms with Gasteiger partial charge in [-0.2, -0.15) is 0 Å². The summed E-state index contributed by atoms with van der Waals surface area (Å²) < 4.78 is 57.3. The van der Waals surface area contributed by atoms with E-state index in [0.29, 0.717) is 42.4 Å². The molecule has 3 aromatic heterocycles. The molecule has 0 radical (unpaired) electrons. The molecule has 1 aliphatic heterocycles. The van der Waals surface area contributed by atoms with Crippen LogP contribution >= 0.6 is 0 Å². The number of aromatic amines is 1. The molecule has 1 N–H and O–H groups in total. The maximum absolute atomic E-state index is 14.7. The predicted molar refractivity (Wildman–Crippen MR) is 124 cm³/mol. The number of pyridine rings is 2. The zero-order valence-electron chi connectivity index (χ0n) is 19.6. The lowest BCUT2D eigenvalue weighted by Crippen LogP contribution is -2.34. The van der Waals surface area contributed by atoms with Crippen LogP contribution in [-0.4, -0.2) is 44.5 Å². The van der Waals surface area contributed by atoms with Crippen LogP contribution in [0.5, 0.6) is 0 Å². The zero-order chi connectivity index (χ0) is 24.7. The van der Waals surface area contributed by atoms with Crippen molar-refractivity contribution in [3.8, 4) is 11.3 Å². The Bertz CT molecular complexity index is 1260. The lowest BCUT2D eigenvalue weighted by atomic mass is 9.77. The summed E-state index contributed by atoms with van der Waals surface area (Å²) in [6, 6.07) is 2.07. The average molecular weight is 489 g/mol. The molecule has 4 heterocycles. The summed E-state index contributed by atoms with van der Waals surface area (Å²) in [5, 5.41) is 0.372. The third kappa shape index (κ3) is 5.04. The standard InChI is InChI=1S/C26H28F4N4O/c1-26(30)5-6-34(14-26)23(35)9-16-4-2-3-15(7-16)8-22-20(28)11-21(29)24(33-22)19-13-32-25-18(19)10-17(27)12-31-25/h10-13,15-16H,2-9,14H2,1H3,(H,31,32)/t15-,16+,26?/m0/s1. The van der Waals surface area contributed by atoms with Crippen LogP contribution in [-0.2, 0) is 11.2 Å². The molecule has 1 amide bonds. The van der Waals surface area contributed by atoms with E-state index in [1.807, 2.05) is 0 Å². The van der Waals surface area contributed by atoms with Gasteiger partial charge in [-0.25, -0.2) is 27.5 Å². The number of rotatable bonds is 5. The fourth-order valence-electron chi connectivity index (χ4n) is 5.57. The molecule has 1 aliphatic carbocycles. The number of likely N-dealkylation sites (tertiary alicyclic amines) is 1. The molecule has 1 unspecified atom stereocenters. The van der Waals surface area contributed by atoms with Gasteiger partial charge in [0.25, 0.3) is 0 Å². The zero-order valence-corrected chi connectivity index (χ0v) is 19.6. The SMILES string of the molecule is CC1(F)CCN(C(=O)C[C@@H]2CCC[C@H](Cc3nc(-c4c[nH]c5ncc(F)cc45)c(F)cc3F)C2)C1. The van der Waals surface area contributed by atoms with Gasteiger partial charge in [0.15, 0.2) is 5.82 Å². The minimum absolute atomic E-state index is 0.0226. The second-order valence-electron chi connectivity index (χ2n) is 10.3. The second kappa shape index (κ2) is 9.24. The minimum atomic E-state index is -1.32. The van der Waals surface area contributed by atoms with Crippen LogP contribution in [0.15, 0.2) is 24.5 Å². The highest BCUT2D eigenvalue weighted by molar-refractivity contribution is 5.92. The molecule has 1 saturated carbocycles. The van der Waals surface area contributed by atoms with Crippen molar-refractivity contribution in [2.75, 3.05) is 13.1 Å². The highest BCUT2D eigenvalue weighted by Crippen LogP contribution is 2.36. The fraction of sp³-hybridized carbons (Fsp3) is 0.500. The molecule has 0 spiro atoms. The van der Waals surface area contributed by atoms with Crippen molar-refractivity contribution in [3.63, 3.8) is 0 Å². The Morgan fingerprint density at radius 2 is 2.00 bits per heavy atom. The molecule has 9 heteroatoms. The summed E-state index contributed by atoms with van der Waals surface area (Å²) in [6.45, 7) is 2.12. The molecule has 5 rings (SSSR count). The molecule has 2 aliphatic rings. The van der Waals surface area contributed by atoms with Crippen LogP contribution in [0.1, 0.15) is 51.1 Å². The number of carbonyl (C=O) groups is 1. The van der Waals surface area contributed by atoms with E-state index in [4.69, 9.17) is 0 Å². The van der Waals surface area contributed by atoms with Gasteiger partial charge in [0.1, 0.15) is 28.6 Å². The predicted octanol–water partition coefficient (Wildman–Crippen LogP) is 5.74. The number of hydrogen-bond acceptors (Lipinski definition) is 3. The third-order valence-corrected chi connectivity index (χ3v) is 7.37. The Hall–Kier alpha value is -2.97. The summed E-state index contributed by atoms with van der Waals surface area (Å²) in [5.41, 5.74) is -0.501. The van der Waals surface area contributed by atoms with E-state index < -0.39 is 23.1 Å². The van der Waals surface area contributed by atoms with Crippen LogP contribution in [0.3, 0.4) is 0 Å². The monoisotopic (exact) mass is 488 g/mol. The van der Waals surface area contributed by atoms with Crippen molar-refractivity contribution in [1.82, 2.24) is 19.9 Å². The Morgan fingerprint density at radius 3 is 2.77 bits per heavy atom. The number of halogens is 4. The van der Waals surface area contributed by atoms with E-state index in [0.717, 1.165) is 37.9 Å². The lowest BCUT2D eigenvalue weighted by molar-refractivity contribution is -0.132. The Balaban J connectivity index is 1.31. The first kappa shape index (κ1) is 23.8. The van der Waals surface area contributed by atoms with Crippen molar-refractivity contribution < 1.29 is 22.4 Å². The number of amides is 1. The number of aromatic nitrogens is 3. The van der Waals surface area contributed by atoms with Crippen molar-refractivity contribution in [2.24, 2.45) is 11.8 Å². The summed E-state index contributed by atoms with van der Waals surface area (Å²) in [7, 11) is 0. The van der Waals surface area contributed by atoms with Crippen LogP contribution in [0.25, 0.3) is 22.3 Å². The third-order valence-electron chi connectivity index (χ3n) is 7.37. The topological polar surface area (TPSA) is 61.9 Å². The molecular formula is C26H28F4N4O. The normalized spacial score (nSPS) is 24.9. The smallest absolute Gasteiger partial charge is 0.222 e. The maximum atomic E-state index is 14.7.